The molecule has 14 heavy (non-hydrogen) atoms. The van der Waals surface area contributed by atoms with Gasteiger partial charge in [-0.15, -0.1) is 0 Å². The lowest BCUT2D eigenvalue weighted by Gasteiger charge is -2.03. The van der Waals surface area contributed by atoms with Crippen molar-refractivity contribution < 1.29 is 4.42 Å². The number of hydrogen-bond acceptors (Lipinski definition) is 2. The van der Waals surface area contributed by atoms with E-state index in [1.54, 1.807) is 0 Å². The van der Waals surface area contributed by atoms with Crippen molar-refractivity contribution in [3.63, 3.8) is 0 Å². The van der Waals surface area contributed by atoms with Gasteiger partial charge in [-0.2, -0.15) is 0 Å². The summed E-state index contributed by atoms with van der Waals surface area (Å²) in [5.41, 5.74) is 7.04. The average molecular weight is 187 g/mol. The maximum Gasteiger partial charge on any atom is 0.134 e. The van der Waals surface area contributed by atoms with E-state index in [0.29, 0.717) is 0 Å². The minimum absolute atomic E-state index is 0.0356. The topological polar surface area (TPSA) is 39.2 Å². The summed E-state index contributed by atoms with van der Waals surface area (Å²) in [6.45, 7) is 0. The second kappa shape index (κ2) is 2.61. The lowest BCUT2D eigenvalue weighted by Crippen LogP contribution is -2.24. The van der Waals surface area contributed by atoms with Gasteiger partial charge >= 0.3 is 0 Å². The van der Waals surface area contributed by atoms with Crippen LogP contribution in [0, 0.1) is 0 Å². The Morgan fingerprint density at radius 2 is 2.07 bits per heavy atom. The molecule has 0 unspecified atom stereocenters. The number of rotatable bonds is 2. The van der Waals surface area contributed by atoms with E-state index in [1.165, 1.54) is 5.39 Å². The van der Waals surface area contributed by atoms with Crippen LogP contribution in [0.5, 0.6) is 0 Å². The van der Waals surface area contributed by atoms with Gasteiger partial charge in [-0.1, -0.05) is 18.2 Å². The first-order chi connectivity index (χ1) is 6.75. The summed E-state index contributed by atoms with van der Waals surface area (Å²) in [6.07, 6.45) is 3.13. The molecule has 0 saturated heterocycles. The summed E-state index contributed by atoms with van der Waals surface area (Å²) in [5, 5.41) is 1.17. The van der Waals surface area contributed by atoms with Crippen molar-refractivity contribution in [1.82, 2.24) is 0 Å². The van der Waals surface area contributed by atoms with Gasteiger partial charge in [0.15, 0.2) is 0 Å². The molecule has 1 aliphatic rings. The van der Waals surface area contributed by atoms with Gasteiger partial charge in [0, 0.05) is 17.3 Å². The lowest BCUT2D eigenvalue weighted by atomic mass is 10.1. The van der Waals surface area contributed by atoms with Crippen LogP contribution in [-0.4, -0.2) is 5.54 Å². The minimum atomic E-state index is 0.0356. The maximum absolute atomic E-state index is 6.04. The van der Waals surface area contributed by atoms with E-state index in [-0.39, 0.29) is 5.54 Å². The number of nitrogens with two attached hydrogens (primary N) is 1. The van der Waals surface area contributed by atoms with Gasteiger partial charge in [-0.25, -0.2) is 0 Å². The zero-order chi connectivity index (χ0) is 9.60. The van der Waals surface area contributed by atoms with Gasteiger partial charge in [0.2, 0.25) is 0 Å². The van der Waals surface area contributed by atoms with Crippen LogP contribution in [0.2, 0.25) is 0 Å². The van der Waals surface area contributed by atoms with Crippen molar-refractivity contribution in [3.8, 4) is 0 Å². The normalized spacial score (nSPS) is 18.6. The van der Waals surface area contributed by atoms with Crippen LogP contribution in [0.25, 0.3) is 11.0 Å². The van der Waals surface area contributed by atoms with Crippen LogP contribution in [-0.2, 0) is 6.42 Å². The largest absolute Gasteiger partial charge is 0.461 e. The molecule has 2 nitrogen and oxygen atoms in total. The Morgan fingerprint density at radius 3 is 2.79 bits per heavy atom. The van der Waals surface area contributed by atoms with Gasteiger partial charge in [0.25, 0.3) is 0 Å². The summed E-state index contributed by atoms with van der Waals surface area (Å²) in [7, 11) is 0. The second-order valence-corrected chi connectivity index (χ2v) is 4.29. The highest BCUT2D eigenvalue weighted by Crippen LogP contribution is 2.36. The van der Waals surface area contributed by atoms with Crippen molar-refractivity contribution in [3.05, 3.63) is 36.1 Å². The van der Waals surface area contributed by atoms with Crippen LogP contribution in [0.1, 0.15) is 18.6 Å². The summed E-state index contributed by atoms with van der Waals surface area (Å²) in [6, 6.07) is 10.2. The molecular formula is C12H13NO. The molecule has 0 atom stereocenters. The highest BCUT2D eigenvalue weighted by molar-refractivity contribution is 5.77. The molecule has 1 aromatic carbocycles. The molecule has 0 aliphatic heterocycles. The number of furan rings is 1. The van der Waals surface area contributed by atoms with Gasteiger partial charge in [-0.3, -0.25) is 0 Å². The zero-order valence-corrected chi connectivity index (χ0v) is 7.99. The highest BCUT2D eigenvalue weighted by atomic mass is 16.3. The predicted octanol–water partition coefficient (Wildman–Crippen LogP) is 2.47. The fourth-order valence-electron chi connectivity index (χ4n) is 1.81. The van der Waals surface area contributed by atoms with Crippen LogP contribution >= 0.6 is 0 Å². The number of benzene rings is 1. The third-order valence-electron chi connectivity index (χ3n) is 2.90. The molecule has 2 aromatic rings. The number of para-hydroxylation sites is 1. The Labute approximate surface area is 82.7 Å². The first-order valence-electron chi connectivity index (χ1n) is 5.02. The first kappa shape index (κ1) is 8.06. The molecule has 1 aliphatic carbocycles. The van der Waals surface area contributed by atoms with E-state index in [9.17, 15) is 0 Å². The summed E-state index contributed by atoms with van der Waals surface area (Å²) < 4.78 is 5.70. The Morgan fingerprint density at radius 1 is 1.29 bits per heavy atom. The summed E-state index contributed by atoms with van der Waals surface area (Å²) in [4.78, 5) is 0. The standard InChI is InChI=1S/C12H13NO/c13-12(5-6-12)8-10-7-9-3-1-2-4-11(9)14-10/h1-4,7H,5-6,8,13H2. The van der Waals surface area contributed by atoms with E-state index in [2.05, 4.69) is 12.1 Å². The third-order valence-corrected chi connectivity index (χ3v) is 2.90. The highest BCUT2D eigenvalue weighted by Gasteiger charge is 2.39. The third kappa shape index (κ3) is 1.32. The Hall–Kier alpha value is -1.28. The molecule has 2 N–H and O–H groups in total. The molecule has 3 rings (SSSR count). The van der Waals surface area contributed by atoms with Crippen LogP contribution in [0.3, 0.4) is 0 Å². The van der Waals surface area contributed by atoms with Crippen LogP contribution in [0.15, 0.2) is 34.7 Å². The Balaban J connectivity index is 1.98. The predicted molar refractivity (Wildman–Crippen MR) is 56.1 cm³/mol. The summed E-state index contributed by atoms with van der Waals surface area (Å²) >= 11 is 0. The van der Waals surface area contributed by atoms with Gasteiger partial charge in [0.05, 0.1) is 0 Å². The number of hydrogen-bond donors (Lipinski definition) is 1. The smallest absolute Gasteiger partial charge is 0.134 e. The second-order valence-electron chi connectivity index (χ2n) is 4.29. The zero-order valence-electron chi connectivity index (χ0n) is 7.99. The van der Waals surface area contributed by atoms with E-state index < -0.39 is 0 Å². The lowest BCUT2D eigenvalue weighted by molar-refractivity contribution is 0.508. The van der Waals surface area contributed by atoms with E-state index in [4.69, 9.17) is 10.2 Å². The molecular weight excluding hydrogens is 174 g/mol. The van der Waals surface area contributed by atoms with Crippen molar-refractivity contribution in [1.29, 1.82) is 0 Å². The fraction of sp³-hybridized carbons (Fsp3) is 0.333. The maximum atomic E-state index is 6.04. The molecule has 0 amide bonds. The molecule has 2 heteroatoms. The molecule has 0 bridgehead atoms. The monoisotopic (exact) mass is 187 g/mol. The fourth-order valence-corrected chi connectivity index (χ4v) is 1.81. The molecule has 1 saturated carbocycles. The molecule has 1 fully saturated rings. The van der Waals surface area contributed by atoms with Gasteiger partial charge < -0.3 is 10.2 Å². The van der Waals surface area contributed by atoms with E-state index in [0.717, 1.165) is 30.6 Å². The summed E-state index contributed by atoms with van der Waals surface area (Å²) in [5.74, 6) is 1.02. The first-order valence-corrected chi connectivity index (χ1v) is 5.02. The van der Waals surface area contributed by atoms with Crippen molar-refractivity contribution in [2.24, 2.45) is 5.73 Å². The molecule has 1 heterocycles. The van der Waals surface area contributed by atoms with E-state index >= 15 is 0 Å². The SMILES string of the molecule is NC1(Cc2cc3ccccc3o2)CC1. The van der Waals surface area contributed by atoms with Crippen LogP contribution in [0.4, 0.5) is 0 Å². The van der Waals surface area contributed by atoms with Gasteiger partial charge in [0.1, 0.15) is 11.3 Å². The van der Waals surface area contributed by atoms with Gasteiger partial charge in [-0.05, 0) is 25.0 Å². The van der Waals surface area contributed by atoms with Crippen molar-refractivity contribution >= 4 is 11.0 Å². The molecule has 1 aromatic heterocycles. The quantitative estimate of drug-likeness (QED) is 0.784. The average Bonchev–Trinajstić information content (AvgIpc) is 2.77. The van der Waals surface area contributed by atoms with Crippen molar-refractivity contribution in [2.45, 2.75) is 24.8 Å². The molecule has 0 radical (unpaired) electrons. The number of fused-ring (bicyclic) bond motifs is 1. The van der Waals surface area contributed by atoms with E-state index in [1.807, 2.05) is 18.2 Å². The molecule has 0 spiro atoms. The van der Waals surface area contributed by atoms with Crippen LogP contribution < -0.4 is 5.73 Å². The Bertz CT molecular complexity index is 435. The molecule has 72 valence electrons. The minimum Gasteiger partial charge on any atom is -0.461 e. The van der Waals surface area contributed by atoms with Crippen molar-refractivity contribution in [2.75, 3.05) is 0 Å². The Kier molecular flexibility index (Phi) is 1.50.